The van der Waals surface area contributed by atoms with Gasteiger partial charge in [0.25, 0.3) is 11.5 Å². The molecule has 2 rings (SSSR count). The lowest BCUT2D eigenvalue weighted by Crippen LogP contribution is -2.31. The van der Waals surface area contributed by atoms with Crippen molar-refractivity contribution in [2.24, 2.45) is 5.10 Å². The van der Waals surface area contributed by atoms with Crippen LogP contribution in [0.3, 0.4) is 0 Å². The molecule has 1 heterocycles. The predicted octanol–water partition coefficient (Wildman–Crippen LogP) is -1.27. The standard InChI is InChI=1S/C13H14N6O5/c1-24-8-4-2-3-7(10(8)21)5-15-17-9(20)6-14-11-12(22)16-13(23)19-18-11/h2-5,21H,6H2,1H3,(H,14,18)(H,17,20)(H2,16,19,22,23). The van der Waals surface area contributed by atoms with Gasteiger partial charge in [0, 0.05) is 5.56 Å². The Balaban J connectivity index is 1.91. The predicted molar refractivity (Wildman–Crippen MR) is 84.4 cm³/mol. The van der Waals surface area contributed by atoms with Gasteiger partial charge in [-0.3, -0.25) is 14.6 Å². The first-order valence-corrected chi connectivity index (χ1v) is 6.62. The highest BCUT2D eigenvalue weighted by Crippen LogP contribution is 2.27. The Kier molecular flexibility index (Phi) is 5.28. The molecule has 1 amide bonds. The van der Waals surface area contributed by atoms with Crippen molar-refractivity contribution in [2.45, 2.75) is 0 Å². The summed E-state index contributed by atoms with van der Waals surface area (Å²) in [5.74, 6) is -0.615. The summed E-state index contributed by atoms with van der Waals surface area (Å²) in [6.45, 7) is -0.302. The van der Waals surface area contributed by atoms with E-state index in [1.165, 1.54) is 13.3 Å². The van der Waals surface area contributed by atoms with Crippen LogP contribution in [0, 0.1) is 0 Å². The first-order valence-electron chi connectivity index (χ1n) is 6.62. The number of methoxy groups -OCH3 is 1. The fourth-order valence-electron chi connectivity index (χ4n) is 1.65. The van der Waals surface area contributed by atoms with E-state index in [9.17, 15) is 19.5 Å². The fraction of sp³-hybridized carbons (Fsp3) is 0.154. The van der Waals surface area contributed by atoms with Gasteiger partial charge in [-0.15, -0.1) is 5.10 Å². The van der Waals surface area contributed by atoms with Crippen molar-refractivity contribution >= 4 is 17.9 Å². The molecule has 1 aromatic carbocycles. The number of aromatic amines is 2. The SMILES string of the molecule is COc1cccc(C=NNC(=O)CNc2n[nH]c(=O)[nH]c2=O)c1O. The molecule has 0 fully saturated rings. The number of rotatable bonds is 6. The van der Waals surface area contributed by atoms with E-state index in [1.807, 2.05) is 10.1 Å². The number of hydrogen-bond donors (Lipinski definition) is 5. The van der Waals surface area contributed by atoms with E-state index in [2.05, 4.69) is 20.9 Å². The summed E-state index contributed by atoms with van der Waals surface area (Å²) in [4.78, 5) is 35.7. The number of aromatic nitrogens is 3. The summed E-state index contributed by atoms with van der Waals surface area (Å²) in [5, 5.41) is 21.4. The number of carbonyl (C=O) groups is 1. The number of phenols is 1. The van der Waals surface area contributed by atoms with Crippen LogP contribution in [-0.2, 0) is 4.79 Å². The van der Waals surface area contributed by atoms with Gasteiger partial charge in [-0.25, -0.2) is 15.3 Å². The molecule has 0 aliphatic rings. The van der Waals surface area contributed by atoms with E-state index in [0.717, 1.165) is 0 Å². The molecule has 2 aromatic rings. The van der Waals surface area contributed by atoms with Gasteiger partial charge in [0.05, 0.1) is 19.9 Å². The molecule has 11 heteroatoms. The van der Waals surface area contributed by atoms with E-state index < -0.39 is 17.2 Å². The Hall–Kier alpha value is -3.63. The van der Waals surface area contributed by atoms with Crippen LogP contribution in [0.1, 0.15) is 5.56 Å². The lowest BCUT2D eigenvalue weighted by Gasteiger charge is -2.05. The molecule has 1 aromatic heterocycles. The Morgan fingerprint density at radius 2 is 2.25 bits per heavy atom. The molecular formula is C13H14N6O5. The van der Waals surface area contributed by atoms with Gasteiger partial charge in [-0.05, 0) is 12.1 Å². The zero-order valence-electron chi connectivity index (χ0n) is 12.5. The van der Waals surface area contributed by atoms with Crippen LogP contribution in [-0.4, -0.2) is 46.1 Å². The monoisotopic (exact) mass is 334 g/mol. The molecule has 0 saturated carbocycles. The number of amides is 1. The first kappa shape index (κ1) is 16.7. The number of hydrazone groups is 1. The second kappa shape index (κ2) is 7.58. The summed E-state index contributed by atoms with van der Waals surface area (Å²) in [7, 11) is 1.41. The number of ether oxygens (including phenoxy) is 1. The number of hydrogen-bond acceptors (Lipinski definition) is 8. The lowest BCUT2D eigenvalue weighted by atomic mass is 10.2. The summed E-state index contributed by atoms with van der Waals surface area (Å²) < 4.78 is 4.95. The molecule has 0 atom stereocenters. The van der Waals surface area contributed by atoms with Crippen molar-refractivity contribution in [3.8, 4) is 11.5 Å². The number of para-hydroxylation sites is 1. The van der Waals surface area contributed by atoms with E-state index in [-0.39, 0.29) is 23.9 Å². The van der Waals surface area contributed by atoms with Gasteiger partial charge in [0.1, 0.15) is 0 Å². The van der Waals surface area contributed by atoms with Crippen LogP contribution in [0.25, 0.3) is 0 Å². The Morgan fingerprint density at radius 3 is 2.96 bits per heavy atom. The van der Waals surface area contributed by atoms with Crippen molar-refractivity contribution in [1.29, 1.82) is 0 Å². The summed E-state index contributed by atoms with van der Waals surface area (Å²) in [6, 6.07) is 4.80. The zero-order valence-corrected chi connectivity index (χ0v) is 12.5. The van der Waals surface area contributed by atoms with Crippen molar-refractivity contribution in [3.63, 3.8) is 0 Å². The maximum absolute atomic E-state index is 11.6. The summed E-state index contributed by atoms with van der Waals surface area (Å²) in [6.07, 6.45) is 1.24. The highest BCUT2D eigenvalue weighted by atomic mass is 16.5. The van der Waals surface area contributed by atoms with E-state index in [0.29, 0.717) is 5.56 Å². The molecule has 0 radical (unpaired) electrons. The van der Waals surface area contributed by atoms with Crippen LogP contribution in [0.15, 0.2) is 32.9 Å². The number of benzene rings is 1. The van der Waals surface area contributed by atoms with Gasteiger partial charge in [0.2, 0.25) is 5.82 Å². The maximum atomic E-state index is 11.6. The van der Waals surface area contributed by atoms with E-state index in [4.69, 9.17) is 4.74 Å². The topological polar surface area (TPSA) is 162 Å². The first-order chi connectivity index (χ1) is 11.5. The summed E-state index contributed by atoms with van der Waals surface area (Å²) in [5.41, 5.74) is 1.04. The number of phenolic OH excluding ortho intramolecular Hbond substituents is 1. The number of carbonyl (C=O) groups excluding carboxylic acids is 1. The van der Waals surface area contributed by atoms with E-state index >= 15 is 0 Å². The Bertz CT molecular complexity index is 872. The number of anilines is 1. The minimum atomic E-state index is -0.753. The third-order valence-corrected chi connectivity index (χ3v) is 2.77. The molecule has 0 aliphatic carbocycles. The fourth-order valence-corrected chi connectivity index (χ4v) is 1.65. The molecule has 11 nitrogen and oxygen atoms in total. The normalized spacial score (nSPS) is 10.5. The smallest absolute Gasteiger partial charge is 0.342 e. The third-order valence-electron chi connectivity index (χ3n) is 2.77. The van der Waals surface area contributed by atoms with Crippen LogP contribution < -0.4 is 26.7 Å². The highest BCUT2D eigenvalue weighted by molar-refractivity contribution is 5.87. The molecule has 5 N–H and O–H groups in total. The Morgan fingerprint density at radius 1 is 1.46 bits per heavy atom. The second-order valence-electron chi connectivity index (χ2n) is 4.40. The average molecular weight is 334 g/mol. The number of aromatic hydroxyl groups is 1. The average Bonchev–Trinajstić information content (AvgIpc) is 2.55. The van der Waals surface area contributed by atoms with Crippen LogP contribution in [0.4, 0.5) is 5.82 Å². The van der Waals surface area contributed by atoms with Gasteiger partial charge in [0.15, 0.2) is 11.5 Å². The largest absolute Gasteiger partial charge is 0.504 e. The van der Waals surface area contributed by atoms with Gasteiger partial charge in [-0.1, -0.05) is 6.07 Å². The van der Waals surface area contributed by atoms with Crippen molar-refractivity contribution < 1.29 is 14.6 Å². The molecular weight excluding hydrogens is 320 g/mol. The van der Waals surface area contributed by atoms with Crippen molar-refractivity contribution in [1.82, 2.24) is 20.6 Å². The molecule has 0 spiro atoms. The molecule has 126 valence electrons. The lowest BCUT2D eigenvalue weighted by molar-refractivity contribution is -0.119. The molecule has 0 bridgehead atoms. The third kappa shape index (κ3) is 4.19. The van der Waals surface area contributed by atoms with Gasteiger partial charge < -0.3 is 15.2 Å². The quantitative estimate of drug-likeness (QED) is 0.325. The second-order valence-corrected chi connectivity index (χ2v) is 4.40. The van der Waals surface area contributed by atoms with Gasteiger partial charge >= 0.3 is 5.69 Å². The number of nitrogens with one attached hydrogen (secondary N) is 4. The van der Waals surface area contributed by atoms with Crippen LogP contribution in [0.2, 0.25) is 0 Å². The van der Waals surface area contributed by atoms with Gasteiger partial charge in [-0.2, -0.15) is 5.10 Å². The van der Waals surface area contributed by atoms with Crippen molar-refractivity contribution in [3.05, 3.63) is 44.6 Å². The number of H-pyrrole nitrogens is 2. The minimum absolute atomic E-state index is 0.111. The van der Waals surface area contributed by atoms with Crippen LogP contribution >= 0.6 is 0 Å². The molecule has 0 saturated heterocycles. The minimum Gasteiger partial charge on any atom is -0.504 e. The van der Waals surface area contributed by atoms with E-state index in [1.54, 1.807) is 18.2 Å². The Labute approximate surface area is 134 Å². The molecule has 24 heavy (non-hydrogen) atoms. The van der Waals surface area contributed by atoms with Crippen molar-refractivity contribution in [2.75, 3.05) is 19.0 Å². The molecule has 0 unspecified atom stereocenters. The maximum Gasteiger partial charge on any atom is 0.342 e. The number of nitrogens with zero attached hydrogens (tertiary/aromatic N) is 2. The van der Waals surface area contributed by atoms with Crippen LogP contribution in [0.5, 0.6) is 11.5 Å². The molecule has 0 aliphatic heterocycles. The summed E-state index contributed by atoms with van der Waals surface area (Å²) >= 11 is 0. The zero-order chi connectivity index (χ0) is 17.5. The highest BCUT2D eigenvalue weighted by Gasteiger charge is 2.06.